The number of allylic oxidation sites excluding steroid dienone is 1. The number of nitrogens with one attached hydrogen (secondary N) is 1. The summed E-state index contributed by atoms with van der Waals surface area (Å²) >= 11 is 1.05. The van der Waals surface area contributed by atoms with Gasteiger partial charge in [-0.2, -0.15) is 0 Å². The number of likely N-dealkylation sites (tertiary alicyclic amines) is 1. The number of benzene rings is 1. The highest BCUT2D eigenvalue weighted by Crippen LogP contribution is 2.34. The summed E-state index contributed by atoms with van der Waals surface area (Å²) in [5, 5.41) is 13.0. The predicted molar refractivity (Wildman–Crippen MR) is 175 cm³/mol. The number of nitrogen functional groups attached to an aromatic ring is 1. The summed E-state index contributed by atoms with van der Waals surface area (Å²) in [5.41, 5.74) is 10.2. The van der Waals surface area contributed by atoms with Crippen molar-refractivity contribution < 1.29 is 19.5 Å². The van der Waals surface area contributed by atoms with E-state index in [0.717, 1.165) is 116 Å². The molecule has 1 aromatic carbocycles. The molecule has 2 aliphatic rings. The number of carbonyl (C=O) groups excluding carboxylic acids is 2. The largest absolute Gasteiger partial charge is 0.481 e. The number of aromatic nitrogens is 3. The maximum Gasteiger partial charge on any atom is 0.313 e. The zero-order chi connectivity index (χ0) is 31.2. The van der Waals surface area contributed by atoms with Crippen LogP contribution in [0.25, 0.3) is 21.9 Å². The van der Waals surface area contributed by atoms with Crippen molar-refractivity contribution in [3.63, 3.8) is 0 Å². The molecular formula is C33H44N6O4S. The Hall–Kier alpha value is -3.60. The van der Waals surface area contributed by atoms with Crippen molar-refractivity contribution in [3.8, 4) is 0 Å². The highest BCUT2D eigenvalue weighted by atomic mass is 32.2. The van der Waals surface area contributed by atoms with Crippen LogP contribution in [0.2, 0.25) is 0 Å². The first-order chi connectivity index (χ1) is 21.3. The Morgan fingerprint density at radius 2 is 1.91 bits per heavy atom. The Kier molecular flexibility index (Phi) is 10.5. The Morgan fingerprint density at radius 1 is 1.14 bits per heavy atom. The number of thioether (sulfide) groups is 1. The van der Waals surface area contributed by atoms with Gasteiger partial charge in [-0.05, 0) is 62.8 Å². The second-order valence-electron chi connectivity index (χ2n) is 12.1. The number of carboxylic acids is 1. The average Bonchev–Trinajstić information content (AvgIpc) is 3.51. The Balaban J connectivity index is 1.09. The van der Waals surface area contributed by atoms with Crippen molar-refractivity contribution in [1.29, 1.82) is 0 Å². The first-order valence-corrected chi connectivity index (χ1v) is 16.9. The lowest BCUT2D eigenvalue weighted by molar-refractivity contribution is -0.139. The number of hydrogen-bond donors (Lipinski definition) is 3. The third kappa shape index (κ3) is 7.20. The number of unbranched alkanes of at least 4 members (excludes halogenated alkanes) is 2. The smallest absolute Gasteiger partial charge is 0.313 e. The maximum absolute atomic E-state index is 12.7. The van der Waals surface area contributed by atoms with Gasteiger partial charge in [0.05, 0.1) is 22.0 Å². The molecule has 0 bridgehead atoms. The van der Waals surface area contributed by atoms with Crippen LogP contribution >= 0.6 is 11.8 Å². The molecule has 1 saturated heterocycles. The van der Waals surface area contributed by atoms with Crippen molar-refractivity contribution in [2.24, 2.45) is 11.8 Å². The molecule has 0 spiro atoms. The number of anilines is 1. The van der Waals surface area contributed by atoms with Gasteiger partial charge in [-0.25, -0.2) is 9.97 Å². The van der Waals surface area contributed by atoms with Gasteiger partial charge in [0, 0.05) is 43.6 Å². The van der Waals surface area contributed by atoms with Gasteiger partial charge in [-0.3, -0.25) is 19.3 Å². The lowest BCUT2D eigenvalue weighted by atomic mass is 9.80. The number of pyridine rings is 1. The standard InChI is InChI=1S/C33H44N6O4S/c1-3-4-11-27-37-30-31(24-9-5-6-10-25(24)36-32(30)34)38(27)17-8-7-16-35-21(2)23-14-12-22(13-15-23)19-39-28(40)18-26(33(39)43)44-20-29(41)42/h5-6,9-10,22-23,26,35H,2-4,7-8,11-20H2,1H3,(H2,34,36)(H,41,42). The number of para-hydroxylation sites is 1. The number of aliphatic carboxylic acids is 1. The molecule has 236 valence electrons. The molecule has 44 heavy (non-hydrogen) atoms. The minimum Gasteiger partial charge on any atom is -0.481 e. The second-order valence-corrected chi connectivity index (χ2v) is 13.3. The van der Waals surface area contributed by atoms with Crippen molar-refractivity contribution in [3.05, 3.63) is 42.4 Å². The molecule has 2 aromatic heterocycles. The van der Waals surface area contributed by atoms with Crippen LogP contribution in [0.4, 0.5) is 5.82 Å². The molecule has 1 aliphatic heterocycles. The van der Waals surface area contributed by atoms with Crippen LogP contribution in [0, 0.1) is 11.8 Å². The molecule has 1 aliphatic carbocycles. The van der Waals surface area contributed by atoms with Gasteiger partial charge in [0.2, 0.25) is 11.8 Å². The van der Waals surface area contributed by atoms with E-state index >= 15 is 0 Å². The van der Waals surface area contributed by atoms with E-state index in [4.69, 9.17) is 15.8 Å². The van der Waals surface area contributed by atoms with Gasteiger partial charge in [-0.15, -0.1) is 11.8 Å². The van der Waals surface area contributed by atoms with Gasteiger partial charge in [0.25, 0.3) is 0 Å². The van der Waals surface area contributed by atoms with Crippen molar-refractivity contribution in [2.75, 3.05) is 24.6 Å². The molecule has 5 rings (SSSR count). The van der Waals surface area contributed by atoms with Crippen LogP contribution in [-0.4, -0.2) is 66.4 Å². The number of carboxylic acid groups (broad SMARTS) is 1. The Morgan fingerprint density at radius 3 is 2.66 bits per heavy atom. The average molecular weight is 621 g/mol. The number of rotatable bonds is 15. The first kappa shape index (κ1) is 31.8. The number of imide groups is 1. The van der Waals surface area contributed by atoms with E-state index in [1.807, 2.05) is 18.2 Å². The van der Waals surface area contributed by atoms with Crippen molar-refractivity contribution in [1.82, 2.24) is 24.8 Å². The van der Waals surface area contributed by atoms with Crippen LogP contribution in [0.1, 0.15) is 70.5 Å². The van der Waals surface area contributed by atoms with E-state index in [9.17, 15) is 14.4 Å². The number of nitrogens with two attached hydrogens (primary N) is 1. The van der Waals surface area contributed by atoms with Crippen molar-refractivity contribution in [2.45, 2.75) is 82.9 Å². The number of hydrogen-bond acceptors (Lipinski definition) is 8. The van der Waals surface area contributed by atoms with Crippen LogP contribution in [0.3, 0.4) is 0 Å². The van der Waals surface area contributed by atoms with Gasteiger partial charge < -0.3 is 20.7 Å². The lowest BCUT2D eigenvalue weighted by Crippen LogP contribution is -2.37. The summed E-state index contributed by atoms with van der Waals surface area (Å²) in [6.07, 6.45) is 9.04. The number of amides is 2. The number of imidazole rings is 1. The molecule has 4 N–H and O–H groups in total. The summed E-state index contributed by atoms with van der Waals surface area (Å²) in [7, 11) is 0. The molecule has 1 unspecified atom stereocenters. The molecule has 2 fully saturated rings. The topological polar surface area (TPSA) is 143 Å². The molecule has 3 aromatic rings. The van der Waals surface area contributed by atoms with E-state index in [1.54, 1.807) is 0 Å². The predicted octanol–water partition coefficient (Wildman–Crippen LogP) is 5.14. The molecule has 3 heterocycles. The Bertz CT molecular complexity index is 1530. The van der Waals surface area contributed by atoms with E-state index in [1.165, 1.54) is 4.90 Å². The van der Waals surface area contributed by atoms with Crippen LogP contribution in [0.15, 0.2) is 36.5 Å². The molecule has 1 saturated carbocycles. The fraction of sp³-hybridized carbons (Fsp3) is 0.545. The van der Waals surface area contributed by atoms with Crippen LogP contribution < -0.4 is 11.1 Å². The quantitative estimate of drug-likeness (QED) is 0.155. The molecule has 1 atom stereocenters. The first-order valence-electron chi connectivity index (χ1n) is 15.9. The third-order valence-corrected chi connectivity index (χ3v) is 10.2. The third-order valence-electron chi connectivity index (χ3n) is 8.99. The summed E-state index contributed by atoms with van der Waals surface area (Å²) in [6, 6.07) is 8.13. The SMILES string of the molecule is C=C(NCCCCn1c(CCCC)nc2c(N)nc3ccccc3c21)C1CCC(CN2C(=O)CC(SCC(=O)O)C2=O)CC1. The molecular weight excluding hydrogens is 576 g/mol. The van der Waals surface area contributed by atoms with Gasteiger partial charge >= 0.3 is 5.97 Å². The number of aryl methyl sites for hydroxylation is 2. The minimum atomic E-state index is -0.971. The van der Waals surface area contributed by atoms with Gasteiger partial charge in [-0.1, -0.05) is 38.1 Å². The normalized spacial score (nSPS) is 20.6. The second kappa shape index (κ2) is 14.5. The molecule has 10 nitrogen and oxygen atoms in total. The van der Waals surface area contributed by atoms with Gasteiger partial charge in [0.15, 0.2) is 5.82 Å². The molecule has 2 amide bonds. The highest BCUT2D eigenvalue weighted by molar-refractivity contribution is 8.01. The highest BCUT2D eigenvalue weighted by Gasteiger charge is 2.40. The summed E-state index contributed by atoms with van der Waals surface area (Å²) < 4.78 is 2.35. The van der Waals surface area contributed by atoms with E-state index in [-0.39, 0.29) is 29.9 Å². The fourth-order valence-corrected chi connectivity index (χ4v) is 7.43. The molecule has 0 radical (unpaired) electrons. The van der Waals surface area contributed by atoms with E-state index in [2.05, 4.69) is 34.4 Å². The summed E-state index contributed by atoms with van der Waals surface area (Å²) in [5.74, 6) is 0.680. The fourth-order valence-electron chi connectivity index (χ4n) is 6.56. The monoisotopic (exact) mass is 620 g/mol. The lowest BCUT2D eigenvalue weighted by Gasteiger charge is -2.32. The van der Waals surface area contributed by atoms with Crippen molar-refractivity contribution >= 4 is 57.3 Å². The van der Waals surface area contributed by atoms with Crippen LogP contribution in [-0.2, 0) is 27.3 Å². The zero-order valence-electron chi connectivity index (χ0n) is 25.6. The zero-order valence-corrected chi connectivity index (χ0v) is 26.4. The van der Waals surface area contributed by atoms with Gasteiger partial charge in [0.1, 0.15) is 11.3 Å². The van der Waals surface area contributed by atoms with E-state index < -0.39 is 11.2 Å². The summed E-state index contributed by atoms with van der Waals surface area (Å²) in [6.45, 7) is 8.69. The number of nitrogens with zero attached hydrogens (tertiary/aromatic N) is 4. The number of carbonyl (C=O) groups is 3. The summed E-state index contributed by atoms with van der Waals surface area (Å²) in [4.78, 5) is 46.9. The maximum atomic E-state index is 12.7. The van der Waals surface area contributed by atoms with E-state index in [0.29, 0.717) is 18.3 Å². The van der Waals surface area contributed by atoms with Crippen LogP contribution in [0.5, 0.6) is 0 Å². The minimum absolute atomic E-state index is 0.103. The Labute approximate surface area is 262 Å². The molecule has 11 heteroatoms. The number of fused-ring (bicyclic) bond motifs is 3.